The van der Waals surface area contributed by atoms with Gasteiger partial charge in [0.25, 0.3) is 0 Å². The molecule has 0 atom stereocenters. The SMILES string of the molecule is CCCC(F)(F)CCCSCC(=O)OC. The molecule has 0 unspecified atom stereocenters. The first kappa shape index (κ1) is 14.7. The van der Waals surface area contributed by atoms with E-state index in [1.165, 1.54) is 18.9 Å². The number of thioether (sulfide) groups is 1. The number of carbonyl (C=O) groups is 1. The number of methoxy groups -OCH3 is 1. The van der Waals surface area contributed by atoms with Crippen LogP contribution in [0.25, 0.3) is 0 Å². The summed E-state index contributed by atoms with van der Waals surface area (Å²) in [4.78, 5) is 10.7. The second-order valence-electron chi connectivity index (χ2n) is 3.34. The van der Waals surface area contributed by atoms with E-state index in [0.717, 1.165) is 0 Å². The molecule has 0 bridgehead atoms. The summed E-state index contributed by atoms with van der Waals surface area (Å²) in [6, 6.07) is 0. The van der Waals surface area contributed by atoms with Crippen LogP contribution in [0.1, 0.15) is 32.6 Å². The van der Waals surface area contributed by atoms with Crippen molar-refractivity contribution in [1.29, 1.82) is 0 Å². The lowest BCUT2D eigenvalue weighted by molar-refractivity contribution is -0.137. The summed E-state index contributed by atoms with van der Waals surface area (Å²) < 4.78 is 30.4. The highest BCUT2D eigenvalue weighted by atomic mass is 32.2. The molecule has 0 aromatic heterocycles. The maximum atomic E-state index is 13.0. The van der Waals surface area contributed by atoms with Crippen LogP contribution in [0.5, 0.6) is 0 Å². The second-order valence-corrected chi connectivity index (χ2v) is 4.44. The van der Waals surface area contributed by atoms with Gasteiger partial charge in [0, 0.05) is 12.8 Å². The van der Waals surface area contributed by atoms with Gasteiger partial charge in [-0.25, -0.2) is 8.78 Å². The zero-order valence-electron chi connectivity index (χ0n) is 9.22. The lowest BCUT2D eigenvalue weighted by Gasteiger charge is -2.14. The third-order valence-corrected chi connectivity index (χ3v) is 2.91. The Labute approximate surface area is 93.8 Å². The predicted molar refractivity (Wildman–Crippen MR) is 58.4 cm³/mol. The van der Waals surface area contributed by atoms with Gasteiger partial charge < -0.3 is 4.74 Å². The Hall–Kier alpha value is -0.320. The van der Waals surface area contributed by atoms with E-state index in [0.29, 0.717) is 18.6 Å². The average molecular weight is 240 g/mol. The van der Waals surface area contributed by atoms with Gasteiger partial charge in [0.1, 0.15) is 0 Å². The summed E-state index contributed by atoms with van der Waals surface area (Å²) in [5, 5.41) is 0. The number of halogens is 2. The molecule has 0 aliphatic carbocycles. The molecule has 0 fully saturated rings. The van der Waals surface area contributed by atoms with Gasteiger partial charge in [-0.2, -0.15) is 11.8 Å². The molecule has 0 spiro atoms. The number of ether oxygens (including phenoxy) is 1. The molecular formula is C10H18F2O2S. The van der Waals surface area contributed by atoms with E-state index >= 15 is 0 Å². The van der Waals surface area contributed by atoms with Crippen molar-refractivity contribution in [1.82, 2.24) is 0 Å². The van der Waals surface area contributed by atoms with E-state index in [9.17, 15) is 13.6 Å². The van der Waals surface area contributed by atoms with Crippen LogP contribution >= 0.6 is 11.8 Å². The van der Waals surface area contributed by atoms with Crippen molar-refractivity contribution in [2.24, 2.45) is 0 Å². The number of esters is 1. The summed E-state index contributed by atoms with van der Waals surface area (Å²) in [7, 11) is 1.32. The minimum absolute atomic E-state index is 0.0470. The lowest BCUT2D eigenvalue weighted by Crippen LogP contribution is -2.15. The van der Waals surface area contributed by atoms with Gasteiger partial charge in [0.15, 0.2) is 0 Å². The maximum Gasteiger partial charge on any atom is 0.315 e. The molecule has 0 aromatic rings. The van der Waals surface area contributed by atoms with Crippen molar-refractivity contribution >= 4 is 17.7 Å². The first-order valence-electron chi connectivity index (χ1n) is 5.04. The predicted octanol–water partition coefficient (Wildman–Crippen LogP) is 3.11. The molecule has 0 radical (unpaired) electrons. The van der Waals surface area contributed by atoms with Crippen molar-refractivity contribution in [2.75, 3.05) is 18.6 Å². The van der Waals surface area contributed by atoms with Gasteiger partial charge in [-0.15, -0.1) is 0 Å². The van der Waals surface area contributed by atoms with Gasteiger partial charge >= 0.3 is 5.97 Å². The largest absolute Gasteiger partial charge is 0.468 e. The third-order valence-electron chi connectivity index (χ3n) is 1.89. The number of rotatable bonds is 8. The highest BCUT2D eigenvalue weighted by Gasteiger charge is 2.26. The molecule has 2 nitrogen and oxygen atoms in total. The topological polar surface area (TPSA) is 26.3 Å². The highest BCUT2D eigenvalue weighted by Crippen LogP contribution is 2.26. The summed E-state index contributed by atoms with van der Waals surface area (Å²) in [6.45, 7) is 1.75. The summed E-state index contributed by atoms with van der Waals surface area (Å²) in [5.41, 5.74) is 0. The van der Waals surface area contributed by atoms with E-state index in [1.807, 2.05) is 0 Å². The first-order chi connectivity index (χ1) is 7.02. The Bertz CT molecular complexity index is 186. The van der Waals surface area contributed by atoms with Crippen LogP contribution in [0, 0.1) is 0 Å². The molecule has 90 valence electrons. The van der Waals surface area contributed by atoms with E-state index in [2.05, 4.69) is 4.74 Å². The van der Waals surface area contributed by atoms with Crippen LogP contribution in [0.4, 0.5) is 8.78 Å². The Kier molecular flexibility index (Phi) is 7.74. The van der Waals surface area contributed by atoms with Crippen LogP contribution in [0.2, 0.25) is 0 Å². The standard InChI is InChI=1S/C10H18F2O2S/c1-3-5-10(11,12)6-4-7-15-8-9(13)14-2/h3-8H2,1-2H3. The second kappa shape index (κ2) is 7.91. The Morgan fingerprint density at radius 3 is 2.60 bits per heavy atom. The van der Waals surface area contributed by atoms with Crippen molar-refractivity contribution in [3.63, 3.8) is 0 Å². The number of hydrogen-bond acceptors (Lipinski definition) is 3. The lowest BCUT2D eigenvalue weighted by atomic mass is 10.1. The van der Waals surface area contributed by atoms with Crippen LogP contribution in [-0.4, -0.2) is 30.5 Å². The van der Waals surface area contributed by atoms with Gasteiger partial charge in [0.2, 0.25) is 5.92 Å². The molecule has 0 heterocycles. The quantitative estimate of drug-likeness (QED) is 0.481. The molecule has 0 aromatic carbocycles. The fraction of sp³-hybridized carbons (Fsp3) is 0.900. The molecule has 0 aliphatic rings. The number of alkyl halides is 2. The van der Waals surface area contributed by atoms with Crippen LogP contribution in [0.15, 0.2) is 0 Å². The van der Waals surface area contributed by atoms with Crippen molar-refractivity contribution in [3.05, 3.63) is 0 Å². The minimum atomic E-state index is -2.54. The first-order valence-corrected chi connectivity index (χ1v) is 6.19. The summed E-state index contributed by atoms with van der Waals surface area (Å²) in [5.74, 6) is -2.02. The van der Waals surface area contributed by atoms with Gasteiger partial charge in [-0.3, -0.25) is 4.79 Å². The Morgan fingerprint density at radius 1 is 1.40 bits per heavy atom. The van der Waals surface area contributed by atoms with Crippen molar-refractivity contribution < 1.29 is 18.3 Å². The molecule has 0 saturated carbocycles. The fourth-order valence-electron chi connectivity index (χ4n) is 1.14. The third kappa shape index (κ3) is 8.66. The molecule has 15 heavy (non-hydrogen) atoms. The monoisotopic (exact) mass is 240 g/mol. The van der Waals surface area contributed by atoms with Crippen LogP contribution in [-0.2, 0) is 9.53 Å². The fourth-order valence-corrected chi connectivity index (χ4v) is 1.92. The van der Waals surface area contributed by atoms with Gasteiger partial charge in [-0.05, 0) is 12.2 Å². The molecular weight excluding hydrogens is 222 g/mol. The molecule has 0 aliphatic heterocycles. The Morgan fingerprint density at radius 2 is 2.07 bits per heavy atom. The zero-order valence-corrected chi connectivity index (χ0v) is 10.0. The van der Waals surface area contributed by atoms with Crippen molar-refractivity contribution in [3.8, 4) is 0 Å². The Balaban J connectivity index is 3.41. The maximum absolute atomic E-state index is 13.0. The van der Waals surface area contributed by atoms with E-state index in [1.54, 1.807) is 6.92 Å². The summed E-state index contributed by atoms with van der Waals surface area (Å²) >= 11 is 1.34. The molecule has 0 N–H and O–H groups in total. The zero-order chi connectivity index (χ0) is 11.7. The van der Waals surface area contributed by atoms with E-state index in [4.69, 9.17) is 0 Å². The highest BCUT2D eigenvalue weighted by molar-refractivity contribution is 7.99. The molecule has 5 heteroatoms. The van der Waals surface area contributed by atoms with E-state index < -0.39 is 5.92 Å². The van der Waals surface area contributed by atoms with Crippen molar-refractivity contribution in [2.45, 2.75) is 38.5 Å². The van der Waals surface area contributed by atoms with Crippen LogP contribution < -0.4 is 0 Å². The van der Waals surface area contributed by atoms with Gasteiger partial charge in [-0.1, -0.05) is 13.3 Å². The van der Waals surface area contributed by atoms with Gasteiger partial charge in [0.05, 0.1) is 12.9 Å². The molecule has 0 saturated heterocycles. The normalized spacial score (nSPS) is 11.5. The smallest absolute Gasteiger partial charge is 0.315 e. The van der Waals surface area contributed by atoms with Crippen LogP contribution in [0.3, 0.4) is 0 Å². The van der Waals surface area contributed by atoms with E-state index in [-0.39, 0.29) is 24.6 Å². The minimum Gasteiger partial charge on any atom is -0.468 e. The molecule has 0 amide bonds. The average Bonchev–Trinajstić information content (AvgIpc) is 2.16. The molecule has 0 rings (SSSR count). The number of hydrogen-bond donors (Lipinski definition) is 0. The summed E-state index contributed by atoms with van der Waals surface area (Å²) in [6.07, 6.45) is 0.806. The number of carbonyl (C=O) groups excluding carboxylic acids is 1.